The van der Waals surface area contributed by atoms with Crippen LogP contribution in [0.3, 0.4) is 0 Å². The summed E-state index contributed by atoms with van der Waals surface area (Å²) < 4.78 is 25.2. The van der Waals surface area contributed by atoms with Gasteiger partial charge in [0.2, 0.25) is 17.8 Å². The number of aromatic nitrogens is 3. The van der Waals surface area contributed by atoms with E-state index >= 15 is 0 Å². The molecule has 1 saturated carbocycles. The maximum atomic E-state index is 13.3. The summed E-state index contributed by atoms with van der Waals surface area (Å²) in [5.41, 5.74) is 7.85. The van der Waals surface area contributed by atoms with Gasteiger partial charge in [0.05, 0.1) is 70.1 Å². The second-order valence-electron chi connectivity index (χ2n) is 19.0. The third kappa shape index (κ3) is 12.7. The first-order chi connectivity index (χ1) is 35.2. The minimum absolute atomic E-state index is 0.0674. The van der Waals surface area contributed by atoms with Crippen LogP contribution in [0.5, 0.6) is 0 Å². The maximum Gasteiger partial charge on any atom is 0.264 e. The highest BCUT2D eigenvalue weighted by atomic mass is 16.6. The number of ether oxygens (including phenoxy) is 4. The SMILES string of the molecule is Cc1ccc(CNc2ncc3c(-c4ccc(CN5CCN(CCOCCOCCOCCOCCNc6cccc7c6C(=O)N(C6CCC(=O)NC6=O)C7=O)CC5)cc4)cn(C4CCC(O)CC4)c3n2)cc1. The van der Waals surface area contributed by atoms with Crippen LogP contribution in [-0.2, 0) is 41.6 Å². The lowest BCUT2D eigenvalue weighted by atomic mass is 9.93. The molecule has 3 aliphatic heterocycles. The Morgan fingerprint density at radius 3 is 2.08 bits per heavy atom. The van der Waals surface area contributed by atoms with Gasteiger partial charge in [-0.15, -0.1) is 0 Å². The Morgan fingerprint density at radius 2 is 1.38 bits per heavy atom. The number of rotatable bonds is 24. The van der Waals surface area contributed by atoms with Crippen LogP contribution in [0.2, 0.25) is 0 Å². The molecule has 0 bridgehead atoms. The van der Waals surface area contributed by atoms with Crippen LogP contribution in [0.15, 0.2) is 79.1 Å². The molecule has 72 heavy (non-hydrogen) atoms. The molecule has 5 aromatic rings. The monoisotopic (exact) mass is 986 g/mol. The van der Waals surface area contributed by atoms with Crippen molar-refractivity contribution in [2.24, 2.45) is 0 Å². The second-order valence-corrected chi connectivity index (χ2v) is 19.0. The van der Waals surface area contributed by atoms with Crippen molar-refractivity contribution in [2.75, 3.05) is 103 Å². The predicted molar refractivity (Wildman–Crippen MR) is 272 cm³/mol. The Morgan fingerprint density at radius 1 is 0.708 bits per heavy atom. The van der Waals surface area contributed by atoms with Gasteiger partial charge < -0.3 is 39.3 Å². The third-order valence-electron chi connectivity index (χ3n) is 14.0. The summed E-state index contributed by atoms with van der Waals surface area (Å²) in [6.07, 6.45) is 7.60. The average molecular weight is 986 g/mol. The number of hydrogen-bond donors (Lipinski definition) is 4. The lowest BCUT2D eigenvalue weighted by Crippen LogP contribution is -2.54. The summed E-state index contributed by atoms with van der Waals surface area (Å²) >= 11 is 0. The molecule has 1 aliphatic carbocycles. The predicted octanol–water partition coefficient (Wildman–Crippen LogP) is 5.19. The van der Waals surface area contributed by atoms with Crippen LogP contribution in [0.25, 0.3) is 22.2 Å². The number of nitrogens with zero attached hydrogens (tertiary/aromatic N) is 6. The van der Waals surface area contributed by atoms with Crippen LogP contribution in [-0.4, -0.2) is 162 Å². The minimum Gasteiger partial charge on any atom is -0.393 e. The van der Waals surface area contributed by atoms with Crippen molar-refractivity contribution in [3.05, 3.63) is 107 Å². The quantitative estimate of drug-likeness (QED) is 0.0465. The number of amides is 4. The normalized spacial score (nSPS) is 19.8. The number of aryl methyl sites for hydroxylation is 1. The molecule has 382 valence electrons. The first-order valence-electron chi connectivity index (χ1n) is 25.5. The molecule has 5 heterocycles. The Balaban J connectivity index is 0.616. The lowest BCUT2D eigenvalue weighted by molar-refractivity contribution is -0.136. The Bertz CT molecular complexity index is 2650. The average Bonchev–Trinajstić information content (AvgIpc) is 3.89. The number of hydrogen-bond acceptors (Lipinski definition) is 15. The van der Waals surface area contributed by atoms with Crippen LogP contribution in [0, 0.1) is 6.92 Å². The number of fused-ring (bicyclic) bond motifs is 2. The van der Waals surface area contributed by atoms with E-state index in [0.29, 0.717) is 77.6 Å². The molecule has 2 saturated heterocycles. The van der Waals surface area contributed by atoms with E-state index in [1.807, 2.05) is 6.20 Å². The van der Waals surface area contributed by atoms with Gasteiger partial charge in [0.15, 0.2) is 0 Å². The van der Waals surface area contributed by atoms with E-state index < -0.39 is 29.7 Å². The molecule has 18 heteroatoms. The number of piperidine rings is 1. The number of carbonyl (C=O) groups is 4. The van der Waals surface area contributed by atoms with Crippen molar-refractivity contribution >= 4 is 46.3 Å². The summed E-state index contributed by atoms with van der Waals surface area (Å²) in [5.74, 6) is -1.53. The van der Waals surface area contributed by atoms with Crippen molar-refractivity contribution in [1.82, 2.24) is 34.6 Å². The minimum atomic E-state index is -1.01. The summed E-state index contributed by atoms with van der Waals surface area (Å²) in [6.45, 7) is 12.6. The largest absolute Gasteiger partial charge is 0.393 e. The highest BCUT2D eigenvalue weighted by Gasteiger charge is 2.45. The summed E-state index contributed by atoms with van der Waals surface area (Å²) in [4.78, 5) is 66.0. The van der Waals surface area contributed by atoms with E-state index in [-0.39, 0.29) is 36.1 Å². The van der Waals surface area contributed by atoms with Crippen LogP contribution in [0.4, 0.5) is 11.6 Å². The van der Waals surface area contributed by atoms with Crippen molar-refractivity contribution in [2.45, 2.75) is 76.7 Å². The molecule has 9 rings (SSSR count). The van der Waals surface area contributed by atoms with Gasteiger partial charge in [-0.1, -0.05) is 60.2 Å². The smallest absolute Gasteiger partial charge is 0.264 e. The Labute approximate surface area is 420 Å². The number of aliphatic hydroxyl groups is 1. The Kier molecular flexibility index (Phi) is 17.3. The maximum absolute atomic E-state index is 13.3. The fraction of sp³-hybridized carbons (Fsp3) is 0.481. The standard InChI is InChI=1S/C54H67N9O9/c1-37-5-7-38(8-6-37)33-56-54-57-34-44-45(36-62(50(44)59-54)41-13-15-42(64)16-14-41)40-11-9-39(10-12-40)35-61-22-20-60(21-23-61)24-26-70-28-30-72-32-31-71-29-27-69-25-19-55-46-4-2-3-43-49(46)53(68)63(52(43)67)47-17-18-48(65)58-51(47)66/h2-12,34,36,41-42,47,55,64H,13-33,35H2,1H3,(H,56,57,59)(H,58,65,66). The molecule has 3 fully saturated rings. The molecule has 0 radical (unpaired) electrons. The molecule has 1 atom stereocenters. The van der Waals surface area contributed by atoms with Gasteiger partial charge in [-0.05, 0) is 67.9 Å². The molecule has 1 unspecified atom stereocenters. The molecule has 2 aromatic heterocycles. The lowest BCUT2D eigenvalue weighted by Gasteiger charge is -2.34. The van der Waals surface area contributed by atoms with Crippen LogP contribution >= 0.6 is 0 Å². The van der Waals surface area contributed by atoms with Gasteiger partial charge in [0.25, 0.3) is 11.8 Å². The summed E-state index contributed by atoms with van der Waals surface area (Å²) in [7, 11) is 0. The number of piperazine rings is 1. The molecule has 18 nitrogen and oxygen atoms in total. The van der Waals surface area contributed by atoms with Gasteiger partial charge in [-0.3, -0.25) is 39.2 Å². The first-order valence-corrected chi connectivity index (χ1v) is 25.5. The number of anilines is 2. The molecule has 3 aromatic carbocycles. The van der Waals surface area contributed by atoms with Crippen LogP contribution in [0.1, 0.15) is 82.0 Å². The summed E-state index contributed by atoms with van der Waals surface area (Å²) in [6, 6.07) is 21.7. The van der Waals surface area contributed by atoms with Crippen molar-refractivity contribution in [1.29, 1.82) is 0 Å². The van der Waals surface area contributed by atoms with E-state index in [2.05, 4.69) is 92.0 Å². The van der Waals surface area contributed by atoms with E-state index in [9.17, 15) is 24.3 Å². The van der Waals surface area contributed by atoms with Gasteiger partial charge in [-0.25, -0.2) is 4.98 Å². The van der Waals surface area contributed by atoms with E-state index in [4.69, 9.17) is 28.9 Å². The summed E-state index contributed by atoms with van der Waals surface area (Å²) in [5, 5.41) is 20.1. The fourth-order valence-corrected chi connectivity index (χ4v) is 9.94. The van der Waals surface area contributed by atoms with Gasteiger partial charge in [-0.2, -0.15) is 4.98 Å². The number of nitrogens with one attached hydrogen (secondary N) is 3. The van der Waals surface area contributed by atoms with E-state index in [1.54, 1.807) is 18.2 Å². The van der Waals surface area contributed by atoms with Crippen molar-refractivity contribution < 1.29 is 43.2 Å². The zero-order chi connectivity index (χ0) is 49.8. The van der Waals surface area contributed by atoms with E-state index in [0.717, 1.165) is 92.0 Å². The highest BCUT2D eigenvalue weighted by molar-refractivity contribution is 6.25. The number of carbonyl (C=O) groups excluding carboxylic acids is 4. The van der Waals surface area contributed by atoms with E-state index in [1.165, 1.54) is 16.7 Å². The van der Waals surface area contributed by atoms with Gasteiger partial charge in [0, 0.05) is 93.9 Å². The number of imide groups is 2. The zero-order valence-electron chi connectivity index (χ0n) is 41.2. The zero-order valence-corrected chi connectivity index (χ0v) is 41.2. The number of benzene rings is 3. The fourth-order valence-electron chi connectivity index (χ4n) is 9.94. The molecular formula is C54H67N9O9. The second kappa shape index (κ2) is 24.5. The van der Waals surface area contributed by atoms with Gasteiger partial charge in [0.1, 0.15) is 11.7 Å². The molecule has 4 amide bonds. The molecule has 4 N–H and O–H groups in total. The Hall–Kier alpha value is -6.12. The highest BCUT2D eigenvalue weighted by Crippen LogP contribution is 2.37. The molecular weight excluding hydrogens is 919 g/mol. The van der Waals surface area contributed by atoms with Gasteiger partial charge >= 0.3 is 0 Å². The van der Waals surface area contributed by atoms with Crippen molar-refractivity contribution in [3.63, 3.8) is 0 Å². The topological polar surface area (TPSA) is 202 Å². The third-order valence-corrected chi connectivity index (χ3v) is 14.0. The molecule has 4 aliphatic rings. The molecule has 0 spiro atoms. The first kappa shape index (κ1) is 50.8. The number of aliphatic hydroxyl groups excluding tert-OH is 1. The van der Waals surface area contributed by atoms with Crippen molar-refractivity contribution in [3.8, 4) is 11.1 Å². The van der Waals surface area contributed by atoms with Crippen LogP contribution < -0.4 is 16.0 Å².